The molecule has 0 atom stereocenters. The van der Waals surface area contributed by atoms with Gasteiger partial charge in [0.15, 0.2) is 0 Å². The predicted octanol–water partition coefficient (Wildman–Crippen LogP) is 3.14. The molecule has 90 valence electrons. The molecule has 3 rings (SSSR count). The molecule has 0 radical (unpaired) electrons. The minimum absolute atomic E-state index is 0.596. The van der Waals surface area contributed by atoms with E-state index < -0.39 is 0 Å². The Morgan fingerprint density at radius 2 is 1.78 bits per heavy atom. The lowest BCUT2D eigenvalue weighted by Crippen LogP contribution is -2.18. The van der Waals surface area contributed by atoms with Gasteiger partial charge in [0.25, 0.3) is 0 Å². The van der Waals surface area contributed by atoms with Gasteiger partial charge in [0.05, 0.1) is 0 Å². The molecular weight excluding hydrogens is 220 g/mol. The average Bonchev–Trinajstić information content (AvgIpc) is 2.47. The van der Waals surface area contributed by atoms with Gasteiger partial charge < -0.3 is 10.6 Å². The summed E-state index contributed by atoms with van der Waals surface area (Å²) in [4.78, 5) is 2.25. The molecule has 0 aliphatic carbocycles. The number of hydrogen-bond donors (Lipinski definition) is 1. The van der Waals surface area contributed by atoms with E-state index >= 15 is 0 Å². The molecule has 0 unspecified atom stereocenters. The van der Waals surface area contributed by atoms with E-state index in [4.69, 9.17) is 5.73 Å². The quantitative estimate of drug-likeness (QED) is 0.868. The molecule has 0 fully saturated rings. The van der Waals surface area contributed by atoms with E-state index in [0.717, 1.165) is 6.54 Å². The van der Waals surface area contributed by atoms with Gasteiger partial charge in [-0.1, -0.05) is 36.4 Å². The standard InChI is InChI=1S/C16H16N2/c17-11-13-5-7-16(8-6-13)18-10-9-14-3-1-2-4-15(14)12-18/h1-10H,11-12,17H2. The van der Waals surface area contributed by atoms with Crippen molar-refractivity contribution in [2.75, 3.05) is 4.90 Å². The monoisotopic (exact) mass is 236 g/mol. The van der Waals surface area contributed by atoms with Crippen molar-refractivity contribution in [2.24, 2.45) is 5.73 Å². The van der Waals surface area contributed by atoms with Crippen LogP contribution in [0.15, 0.2) is 54.7 Å². The fourth-order valence-corrected chi connectivity index (χ4v) is 2.25. The number of hydrogen-bond acceptors (Lipinski definition) is 2. The molecule has 1 heterocycles. The van der Waals surface area contributed by atoms with Crippen LogP contribution in [0.25, 0.3) is 6.08 Å². The number of nitrogens with two attached hydrogens (primary N) is 1. The van der Waals surface area contributed by atoms with Crippen molar-refractivity contribution in [2.45, 2.75) is 13.1 Å². The molecule has 2 heteroatoms. The fraction of sp³-hybridized carbons (Fsp3) is 0.125. The van der Waals surface area contributed by atoms with Gasteiger partial charge in [0, 0.05) is 25.0 Å². The molecule has 0 saturated carbocycles. The SMILES string of the molecule is NCc1ccc(N2C=Cc3ccccc3C2)cc1. The molecule has 1 aliphatic rings. The summed E-state index contributed by atoms with van der Waals surface area (Å²) in [6, 6.07) is 16.9. The summed E-state index contributed by atoms with van der Waals surface area (Å²) in [5.74, 6) is 0. The summed E-state index contributed by atoms with van der Waals surface area (Å²) in [5.41, 5.74) is 10.7. The highest BCUT2D eigenvalue weighted by Gasteiger charge is 2.10. The smallest absolute Gasteiger partial charge is 0.0481 e. The summed E-state index contributed by atoms with van der Waals surface area (Å²) in [5, 5.41) is 0. The van der Waals surface area contributed by atoms with E-state index in [2.05, 4.69) is 65.7 Å². The van der Waals surface area contributed by atoms with E-state index in [1.165, 1.54) is 22.4 Å². The van der Waals surface area contributed by atoms with Crippen LogP contribution in [0.2, 0.25) is 0 Å². The van der Waals surface area contributed by atoms with Gasteiger partial charge in [-0.25, -0.2) is 0 Å². The Labute approximate surface area is 107 Å². The summed E-state index contributed by atoms with van der Waals surface area (Å²) >= 11 is 0. The number of benzene rings is 2. The lowest BCUT2D eigenvalue weighted by Gasteiger charge is -2.25. The molecule has 1 aliphatic heterocycles. The van der Waals surface area contributed by atoms with E-state index in [1.54, 1.807) is 0 Å². The van der Waals surface area contributed by atoms with Gasteiger partial charge in [-0.05, 0) is 34.9 Å². The maximum atomic E-state index is 5.61. The summed E-state index contributed by atoms with van der Waals surface area (Å²) in [7, 11) is 0. The second-order valence-electron chi connectivity index (χ2n) is 4.51. The van der Waals surface area contributed by atoms with Gasteiger partial charge in [-0.15, -0.1) is 0 Å². The van der Waals surface area contributed by atoms with Crippen LogP contribution in [0, 0.1) is 0 Å². The Kier molecular flexibility index (Phi) is 2.87. The largest absolute Gasteiger partial charge is 0.344 e. The predicted molar refractivity (Wildman–Crippen MR) is 76.0 cm³/mol. The van der Waals surface area contributed by atoms with Gasteiger partial charge in [0.2, 0.25) is 0 Å². The summed E-state index contributed by atoms with van der Waals surface area (Å²) in [6.07, 6.45) is 4.30. The minimum atomic E-state index is 0.596. The van der Waals surface area contributed by atoms with Crippen LogP contribution in [-0.2, 0) is 13.1 Å². The molecule has 2 N–H and O–H groups in total. The first-order chi connectivity index (χ1) is 8.86. The Morgan fingerprint density at radius 1 is 1.00 bits per heavy atom. The summed E-state index contributed by atoms with van der Waals surface area (Å²) in [6.45, 7) is 1.52. The highest BCUT2D eigenvalue weighted by Crippen LogP contribution is 2.25. The zero-order valence-corrected chi connectivity index (χ0v) is 10.2. The molecule has 2 aromatic rings. The molecule has 2 aromatic carbocycles. The van der Waals surface area contributed by atoms with Gasteiger partial charge >= 0.3 is 0 Å². The minimum Gasteiger partial charge on any atom is -0.344 e. The van der Waals surface area contributed by atoms with Gasteiger partial charge in [0.1, 0.15) is 0 Å². The van der Waals surface area contributed by atoms with E-state index in [1.807, 2.05) is 0 Å². The summed E-state index contributed by atoms with van der Waals surface area (Å²) < 4.78 is 0. The van der Waals surface area contributed by atoms with Crippen LogP contribution in [0.4, 0.5) is 5.69 Å². The first kappa shape index (κ1) is 11.1. The average molecular weight is 236 g/mol. The molecule has 0 spiro atoms. The molecule has 0 aromatic heterocycles. The lowest BCUT2D eigenvalue weighted by atomic mass is 10.0. The normalized spacial score (nSPS) is 13.5. The van der Waals surface area contributed by atoms with Crippen LogP contribution in [0.1, 0.15) is 16.7 Å². The number of nitrogens with zero attached hydrogens (tertiary/aromatic N) is 1. The highest BCUT2D eigenvalue weighted by atomic mass is 15.1. The van der Waals surface area contributed by atoms with Crippen LogP contribution in [-0.4, -0.2) is 0 Å². The van der Waals surface area contributed by atoms with Crippen molar-refractivity contribution in [3.8, 4) is 0 Å². The molecule has 0 saturated heterocycles. The second kappa shape index (κ2) is 4.67. The maximum absolute atomic E-state index is 5.61. The zero-order valence-electron chi connectivity index (χ0n) is 10.2. The van der Waals surface area contributed by atoms with Crippen molar-refractivity contribution >= 4 is 11.8 Å². The molecule has 18 heavy (non-hydrogen) atoms. The Balaban J connectivity index is 1.87. The zero-order chi connectivity index (χ0) is 12.4. The molecule has 0 bridgehead atoms. The number of fused-ring (bicyclic) bond motifs is 1. The third-order valence-corrected chi connectivity index (χ3v) is 3.33. The first-order valence-electron chi connectivity index (χ1n) is 6.18. The number of anilines is 1. The van der Waals surface area contributed by atoms with Crippen LogP contribution in [0.5, 0.6) is 0 Å². The van der Waals surface area contributed by atoms with Crippen molar-refractivity contribution in [1.29, 1.82) is 0 Å². The second-order valence-corrected chi connectivity index (χ2v) is 4.51. The van der Waals surface area contributed by atoms with Gasteiger partial charge in [-0.3, -0.25) is 0 Å². The van der Waals surface area contributed by atoms with Crippen LogP contribution in [0.3, 0.4) is 0 Å². The molecule has 0 amide bonds. The highest BCUT2D eigenvalue weighted by molar-refractivity contribution is 5.64. The third-order valence-electron chi connectivity index (χ3n) is 3.33. The Morgan fingerprint density at radius 3 is 2.56 bits per heavy atom. The maximum Gasteiger partial charge on any atom is 0.0481 e. The van der Waals surface area contributed by atoms with Crippen molar-refractivity contribution in [3.63, 3.8) is 0 Å². The van der Waals surface area contributed by atoms with Crippen LogP contribution < -0.4 is 10.6 Å². The molecule has 2 nitrogen and oxygen atoms in total. The van der Waals surface area contributed by atoms with Crippen molar-refractivity contribution in [3.05, 3.63) is 71.4 Å². The van der Waals surface area contributed by atoms with Gasteiger partial charge in [-0.2, -0.15) is 0 Å². The lowest BCUT2D eigenvalue weighted by molar-refractivity contribution is 0.952. The van der Waals surface area contributed by atoms with E-state index in [0.29, 0.717) is 6.54 Å². The third kappa shape index (κ3) is 2.03. The fourth-order valence-electron chi connectivity index (χ4n) is 2.25. The Hall–Kier alpha value is -2.06. The van der Waals surface area contributed by atoms with Crippen molar-refractivity contribution < 1.29 is 0 Å². The first-order valence-corrected chi connectivity index (χ1v) is 6.18. The topological polar surface area (TPSA) is 29.3 Å². The number of rotatable bonds is 2. The molecular formula is C16H16N2. The Bertz CT molecular complexity index is 570. The van der Waals surface area contributed by atoms with Crippen molar-refractivity contribution in [1.82, 2.24) is 0 Å². The van der Waals surface area contributed by atoms with E-state index in [-0.39, 0.29) is 0 Å². The van der Waals surface area contributed by atoms with Crippen LogP contribution >= 0.6 is 0 Å². The van der Waals surface area contributed by atoms with E-state index in [9.17, 15) is 0 Å².